The number of halogens is 1. The Labute approximate surface area is 110 Å². The maximum absolute atomic E-state index is 5.96. The normalized spacial score (nSPS) is 11.4. The molecule has 0 saturated heterocycles. The van der Waals surface area contributed by atoms with Crippen LogP contribution in [0.3, 0.4) is 0 Å². The van der Waals surface area contributed by atoms with Crippen molar-refractivity contribution < 1.29 is 0 Å². The summed E-state index contributed by atoms with van der Waals surface area (Å²) in [6.07, 6.45) is 0.810. The molecule has 2 rings (SSSR count). The zero-order valence-corrected chi connectivity index (χ0v) is 11.5. The molecule has 0 aromatic carbocycles. The molecule has 3 N–H and O–H groups in total. The van der Waals surface area contributed by atoms with Crippen LogP contribution in [0.5, 0.6) is 0 Å². The Morgan fingerprint density at radius 2 is 2.24 bits per heavy atom. The van der Waals surface area contributed by atoms with Crippen molar-refractivity contribution in [3.63, 3.8) is 0 Å². The van der Waals surface area contributed by atoms with Crippen LogP contribution in [0, 0.1) is 0 Å². The Balaban J connectivity index is 2.43. The lowest BCUT2D eigenvalue weighted by molar-refractivity contribution is 0.786. The lowest BCUT2D eigenvalue weighted by Crippen LogP contribution is -2.04. The first kappa shape index (κ1) is 12.6. The molecule has 0 fully saturated rings. The summed E-state index contributed by atoms with van der Waals surface area (Å²) >= 11 is 7.51. The zero-order chi connectivity index (χ0) is 12.4. The van der Waals surface area contributed by atoms with E-state index in [1.807, 2.05) is 12.1 Å². The fraction of sp³-hybridized carbons (Fsp3) is 0.417. The number of hydrogen-bond acceptors (Lipinski definition) is 3. The van der Waals surface area contributed by atoms with Crippen LogP contribution >= 0.6 is 22.9 Å². The number of H-pyrrole nitrogens is 1. The van der Waals surface area contributed by atoms with Gasteiger partial charge in [0.05, 0.1) is 9.21 Å². The number of nitrogens with two attached hydrogens (primary N) is 1. The molecule has 0 bridgehead atoms. The Bertz CT molecular complexity index is 502. The first-order valence-corrected chi connectivity index (χ1v) is 6.85. The van der Waals surface area contributed by atoms with E-state index in [2.05, 4.69) is 23.8 Å². The smallest absolute Gasteiger partial charge is 0.109 e. The molecule has 0 amide bonds. The van der Waals surface area contributed by atoms with E-state index in [9.17, 15) is 0 Å². The third-order valence-electron chi connectivity index (χ3n) is 2.54. The molecule has 3 nitrogen and oxygen atoms in total. The molecule has 2 aromatic rings. The van der Waals surface area contributed by atoms with Gasteiger partial charge in [0, 0.05) is 18.0 Å². The summed E-state index contributed by atoms with van der Waals surface area (Å²) < 4.78 is 0.785. The second-order valence-electron chi connectivity index (χ2n) is 4.25. The van der Waals surface area contributed by atoms with Crippen molar-refractivity contribution in [2.45, 2.75) is 26.2 Å². The van der Waals surface area contributed by atoms with Crippen LogP contribution in [0.2, 0.25) is 4.34 Å². The first-order chi connectivity index (χ1) is 8.11. The summed E-state index contributed by atoms with van der Waals surface area (Å²) in [5, 5.41) is 0. The predicted octanol–water partition coefficient (Wildman–Crippen LogP) is 3.42. The highest BCUT2D eigenvalue weighted by molar-refractivity contribution is 7.19. The third-order valence-corrected chi connectivity index (χ3v) is 3.78. The Morgan fingerprint density at radius 3 is 2.76 bits per heavy atom. The monoisotopic (exact) mass is 269 g/mol. The molecule has 2 aromatic heterocycles. The fourth-order valence-corrected chi connectivity index (χ4v) is 2.73. The van der Waals surface area contributed by atoms with Gasteiger partial charge in [-0.15, -0.1) is 11.3 Å². The van der Waals surface area contributed by atoms with Crippen LogP contribution in [0.1, 0.15) is 31.3 Å². The van der Waals surface area contributed by atoms with E-state index in [0.29, 0.717) is 12.5 Å². The van der Waals surface area contributed by atoms with Gasteiger partial charge in [0.15, 0.2) is 0 Å². The average molecular weight is 270 g/mol. The summed E-state index contributed by atoms with van der Waals surface area (Å²) in [6.45, 7) is 4.86. The zero-order valence-electron chi connectivity index (χ0n) is 9.96. The van der Waals surface area contributed by atoms with Crippen molar-refractivity contribution in [2.24, 2.45) is 5.73 Å². The second kappa shape index (κ2) is 5.21. The maximum Gasteiger partial charge on any atom is 0.109 e. The van der Waals surface area contributed by atoms with Crippen LogP contribution in [-0.4, -0.2) is 16.5 Å². The molecular weight excluding hydrogens is 254 g/mol. The molecule has 0 unspecified atom stereocenters. The minimum atomic E-state index is 0.385. The van der Waals surface area contributed by atoms with E-state index in [1.165, 1.54) is 0 Å². The quantitative estimate of drug-likeness (QED) is 0.894. The Kier molecular flexibility index (Phi) is 3.86. The summed E-state index contributed by atoms with van der Waals surface area (Å²) in [5.41, 5.74) is 7.73. The number of hydrogen-bond donors (Lipinski definition) is 2. The van der Waals surface area contributed by atoms with Crippen LogP contribution < -0.4 is 5.73 Å². The topological polar surface area (TPSA) is 54.7 Å². The lowest BCUT2D eigenvalue weighted by atomic mass is 10.2. The minimum Gasteiger partial charge on any atom is -0.345 e. The SMILES string of the molecule is CC(C)c1nc(-c2ccc(Cl)s2)c(CCN)[nH]1. The van der Waals surface area contributed by atoms with Crippen LogP contribution in [0.15, 0.2) is 12.1 Å². The van der Waals surface area contributed by atoms with E-state index < -0.39 is 0 Å². The molecule has 92 valence electrons. The summed E-state index contributed by atoms with van der Waals surface area (Å²) in [7, 11) is 0. The van der Waals surface area contributed by atoms with Gasteiger partial charge >= 0.3 is 0 Å². The van der Waals surface area contributed by atoms with Gasteiger partial charge in [-0.1, -0.05) is 25.4 Å². The highest BCUT2D eigenvalue weighted by Gasteiger charge is 2.15. The number of aromatic amines is 1. The third kappa shape index (κ3) is 2.70. The molecule has 0 saturated carbocycles. The van der Waals surface area contributed by atoms with Crippen molar-refractivity contribution in [1.29, 1.82) is 0 Å². The van der Waals surface area contributed by atoms with E-state index in [1.54, 1.807) is 11.3 Å². The summed E-state index contributed by atoms with van der Waals surface area (Å²) in [6, 6.07) is 3.91. The summed E-state index contributed by atoms with van der Waals surface area (Å²) in [5.74, 6) is 1.39. The maximum atomic E-state index is 5.96. The molecule has 0 aliphatic heterocycles. The van der Waals surface area contributed by atoms with Crippen LogP contribution in [0.4, 0.5) is 0 Å². The number of rotatable bonds is 4. The number of nitrogens with one attached hydrogen (secondary N) is 1. The minimum absolute atomic E-state index is 0.385. The molecule has 0 radical (unpaired) electrons. The number of nitrogens with zero attached hydrogens (tertiary/aromatic N) is 1. The molecule has 2 heterocycles. The highest BCUT2D eigenvalue weighted by Crippen LogP contribution is 2.32. The summed E-state index contributed by atoms with van der Waals surface area (Å²) in [4.78, 5) is 9.11. The van der Waals surface area contributed by atoms with Crippen molar-refractivity contribution in [2.75, 3.05) is 6.54 Å². The largest absolute Gasteiger partial charge is 0.345 e. The average Bonchev–Trinajstić information content (AvgIpc) is 2.85. The van der Waals surface area contributed by atoms with E-state index in [4.69, 9.17) is 17.3 Å². The van der Waals surface area contributed by atoms with Crippen LogP contribution in [0.25, 0.3) is 10.6 Å². The van der Waals surface area contributed by atoms with E-state index in [-0.39, 0.29) is 0 Å². The molecular formula is C12H16ClN3S. The van der Waals surface area contributed by atoms with Crippen molar-refractivity contribution in [1.82, 2.24) is 9.97 Å². The van der Waals surface area contributed by atoms with Crippen LogP contribution in [-0.2, 0) is 6.42 Å². The Hall–Kier alpha value is -0.840. The second-order valence-corrected chi connectivity index (χ2v) is 5.96. The van der Waals surface area contributed by atoms with Gasteiger partial charge in [0.25, 0.3) is 0 Å². The Morgan fingerprint density at radius 1 is 1.47 bits per heavy atom. The van der Waals surface area contributed by atoms with Crippen molar-refractivity contribution in [3.8, 4) is 10.6 Å². The lowest BCUT2D eigenvalue weighted by Gasteiger charge is -1.97. The molecule has 0 spiro atoms. The predicted molar refractivity (Wildman–Crippen MR) is 73.8 cm³/mol. The molecule has 5 heteroatoms. The molecule has 17 heavy (non-hydrogen) atoms. The fourth-order valence-electron chi connectivity index (χ4n) is 1.67. The van der Waals surface area contributed by atoms with Gasteiger partial charge < -0.3 is 10.7 Å². The molecule has 0 aliphatic rings. The number of aromatic nitrogens is 2. The first-order valence-electron chi connectivity index (χ1n) is 5.66. The highest BCUT2D eigenvalue weighted by atomic mass is 35.5. The number of imidazole rings is 1. The van der Waals surface area contributed by atoms with Gasteiger partial charge in [0.2, 0.25) is 0 Å². The van der Waals surface area contributed by atoms with Gasteiger partial charge in [-0.3, -0.25) is 0 Å². The van der Waals surface area contributed by atoms with E-state index in [0.717, 1.165) is 32.8 Å². The molecule has 0 atom stereocenters. The molecule has 0 aliphatic carbocycles. The van der Waals surface area contributed by atoms with E-state index >= 15 is 0 Å². The van der Waals surface area contributed by atoms with Gasteiger partial charge in [-0.2, -0.15) is 0 Å². The van der Waals surface area contributed by atoms with Gasteiger partial charge in [-0.05, 0) is 18.7 Å². The van der Waals surface area contributed by atoms with Gasteiger partial charge in [-0.25, -0.2) is 4.98 Å². The van der Waals surface area contributed by atoms with Gasteiger partial charge in [0.1, 0.15) is 11.5 Å². The number of thiophene rings is 1. The van der Waals surface area contributed by atoms with Crippen molar-refractivity contribution >= 4 is 22.9 Å². The standard InChI is InChI=1S/C12H16ClN3S/c1-7(2)12-15-8(5-6-14)11(16-12)9-3-4-10(13)17-9/h3-4,7H,5-6,14H2,1-2H3,(H,15,16). The van der Waals surface area contributed by atoms with Crippen molar-refractivity contribution in [3.05, 3.63) is 28.0 Å².